The van der Waals surface area contributed by atoms with E-state index in [0.717, 1.165) is 12.8 Å². The highest BCUT2D eigenvalue weighted by Gasteiger charge is 2.31. The summed E-state index contributed by atoms with van der Waals surface area (Å²) in [6.45, 7) is 2.86. The van der Waals surface area contributed by atoms with E-state index in [2.05, 4.69) is 5.10 Å². The quantitative estimate of drug-likeness (QED) is 0.532. The van der Waals surface area contributed by atoms with Crippen LogP contribution in [0.1, 0.15) is 36.6 Å². The van der Waals surface area contributed by atoms with E-state index < -0.39 is 15.8 Å². The second kappa shape index (κ2) is 8.02. The molecule has 2 fully saturated rings. The first-order valence-corrected chi connectivity index (χ1v) is 11.0. The van der Waals surface area contributed by atoms with Gasteiger partial charge in [-0.2, -0.15) is 5.10 Å². The van der Waals surface area contributed by atoms with Gasteiger partial charge in [-0.3, -0.25) is 4.79 Å². The molecule has 148 valence electrons. The molecule has 27 heavy (non-hydrogen) atoms. The fourth-order valence-corrected chi connectivity index (χ4v) is 5.39. The molecule has 0 bridgehead atoms. The molecular weight excluding hydrogens is 394 g/mol. The Morgan fingerprint density at radius 3 is 2.67 bits per heavy atom. The number of hydrogen-bond donors (Lipinski definition) is 0. The molecule has 0 N–H and O–H groups in total. The highest BCUT2D eigenvalue weighted by molar-refractivity contribution is 7.91. The van der Waals surface area contributed by atoms with Crippen molar-refractivity contribution >= 4 is 39.4 Å². The van der Waals surface area contributed by atoms with Crippen molar-refractivity contribution in [2.75, 3.05) is 31.2 Å². The number of ether oxygens (including phenoxy) is 1. The van der Waals surface area contributed by atoms with Crippen LogP contribution < -0.4 is 0 Å². The number of carbonyl (C=O) groups is 2. The third-order valence-corrected chi connectivity index (χ3v) is 6.94. The molecule has 10 heteroatoms. The Morgan fingerprint density at radius 1 is 1.33 bits per heavy atom. The van der Waals surface area contributed by atoms with Crippen LogP contribution in [0.3, 0.4) is 0 Å². The molecule has 3 heterocycles. The van der Waals surface area contributed by atoms with Crippen LogP contribution in [-0.4, -0.2) is 66.2 Å². The van der Waals surface area contributed by atoms with Crippen molar-refractivity contribution in [2.24, 2.45) is 0 Å². The summed E-state index contributed by atoms with van der Waals surface area (Å²) in [5.41, 5.74) is 1.12. The molecule has 2 aliphatic rings. The summed E-state index contributed by atoms with van der Waals surface area (Å²) in [6, 6.07) is -0.298. The predicted octanol–water partition coefficient (Wildman–Crippen LogP) is 1.38. The minimum atomic E-state index is -3.06. The lowest BCUT2D eigenvalue weighted by Crippen LogP contribution is -2.31. The number of aromatic nitrogens is 2. The molecule has 1 aromatic heterocycles. The van der Waals surface area contributed by atoms with Crippen LogP contribution >= 0.6 is 11.6 Å². The smallest absolute Gasteiger partial charge is 0.331 e. The monoisotopic (exact) mass is 415 g/mol. The van der Waals surface area contributed by atoms with Gasteiger partial charge in [0.25, 0.3) is 5.91 Å². The van der Waals surface area contributed by atoms with Gasteiger partial charge in [0.05, 0.1) is 23.2 Å². The summed E-state index contributed by atoms with van der Waals surface area (Å²) in [5, 5.41) is 4.60. The highest BCUT2D eigenvalue weighted by Crippen LogP contribution is 2.30. The average molecular weight is 416 g/mol. The lowest BCUT2D eigenvalue weighted by Gasteiger charge is -2.14. The van der Waals surface area contributed by atoms with E-state index in [0.29, 0.717) is 30.8 Å². The van der Waals surface area contributed by atoms with E-state index in [4.69, 9.17) is 16.3 Å². The second-order valence-electron chi connectivity index (χ2n) is 6.82. The molecule has 1 aromatic rings. The number of esters is 1. The van der Waals surface area contributed by atoms with Crippen LogP contribution in [0.25, 0.3) is 6.08 Å². The van der Waals surface area contributed by atoms with Crippen LogP contribution in [0.2, 0.25) is 5.15 Å². The van der Waals surface area contributed by atoms with Crippen LogP contribution in [0.4, 0.5) is 0 Å². The molecule has 0 aromatic carbocycles. The van der Waals surface area contributed by atoms with Crippen LogP contribution in [0, 0.1) is 6.92 Å². The fraction of sp³-hybridized carbons (Fsp3) is 0.588. The zero-order valence-corrected chi connectivity index (χ0v) is 16.6. The molecule has 0 saturated carbocycles. The molecular formula is C17H22ClN3O5S. The summed E-state index contributed by atoms with van der Waals surface area (Å²) in [7, 11) is -3.06. The van der Waals surface area contributed by atoms with E-state index in [1.807, 2.05) is 0 Å². The Balaban J connectivity index is 1.61. The molecule has 8 nitrogen and oxygen atoms in total. The van der Waals surface area contributed by atoms with Gasteiger partial charge in [-0.15, -0.1) is 0 Å². The van der Waals surface area contributed by atoms with E-state index >= 15 is 0 Å². The van der Waals surface area contributed by atoms with Gasteiger partial charge in [0.2, 0.25) is 0 Å². The van der Waals surface area contributed by atoms with E-state index in [9.17, 15) is 18.0 Å². The highest BCUT2D eigenvalue weighted by atomic mass is 35.5. The van der Waals surface area contributed by atoms with Crippen LogP contribution in [-0.2, 0) is 24.2 Å². The second-order valence-corrected chi connectivity index (χ2v) is 9.41. The minimum Gasteiger partial charge on any atom is -0.452 e. The summed E-state index contributed by atoms with van der Waals surface area (Å²) >= 11 is 6.34. The van der Waals surface area contributed by atoms with Gasteiger partial charge >= 0.3 is 5.97 Å². The van der Waals surface area contributed by atoms with E-state index in [1.54, 1.807) is 11.8 Å². The predicted molar refractivity (Wildman–Crippen MR) is 100 cm³/mol. The number of sulfone groups is 1. The maximum atomic E-state index is 11.9. The fourth-order valence-electron chi connectivity index (χ4n) is 3.32. The first-order valence-electron chi connectivity index (χ1n) is 8.84. The number of aryl methyl sites for hydroxylation is 1. The molecule has 0 unspecified atom stereocenters. The zero-order valence-electron chi connectivity index (χ0n) is 15.1. The standard InChI is InChI=1S/C17H22ClN3O5S/c1-12-14(17(18)21(19-12)13-6-9-27(24,25)11-13)4-5-16(23)26-10-15(22)20-7-2-3-8-20/h4-5,13H,2-3,6-11H2,1H3/b5-4+/t13-/m0/s1. The Hall–Kier alpha value is -1.87. The van der Waals surface area contributed by atoms with Gasteiger partial charge in [0, 0.05) is 24.7 Å². The topological polar surface area (TPSA) is 98.6 Å². The number of hydrogen-bond acceptors (Lipinski definition) is 6. The van der Waals surface area contributed by atoms with Crippen molar-refractivity contribution in [2.45, 2.75) is 32.2 Å². The molecule has 0 aliphatic carbocycles. The molecule has 1 atom stereocenters. The number of likely N-dealkylation sites (tertiary alicyclic amines) is 1. The van der Waals surface area contributed by atoms with E-state index in [-0.39, 0.29) is 35.2 Å². The van der Waals surface area contributed by atoms with Crippen molar-refractivity contribution in [3.63, 3.8) is 0 Å². The molecule has 2 aliphatic heterocycles. The van der Waals surface area contributed by atoms with Crippen molar-refractivity contribution in [1.29, 1.82) is 0 Å². The molecule has 1 amide bonds. The van der Waals surface area contributed by atoms with Gasteiger partial charge in [-0.05, 0) is 32.3 Å². The van der Waals surface area contributed by atoms with Crippen LogP contribution in [0.15, 0.2) is 6.08 Å². The normalized spacial score (nSPS) is 21.9. The number of carbonyl (C=O) groups excluding carboxylic acids is 2. The zero-order chi connectivity index (χ0) is 19.6. The van der Waals surface area contributed by atoms with Crippen molar-refractivity contribution in [3.05, 3.63) is 22.5 Å². The first kappa shape index (κ1) is 19.9. The lowest BCUT2D eigenvalue weighted by atomic mass is 10.2. The number of nitrogens with zero attached hydrogens (tertiary/aromatic N) is 3. The Bertz CT molecular complexity index is 871. The first-order chi connectivity index (χ1) is 12.8. The maximum Gasteiger partial charge on any atom is 0.331 e. The molecule has 2 saturated heterocycles. The van der Waals surface area contributed by atoms with Gasteiger partial charge in [-0.1, -0.05) is 11.6 Å². The Labute approximate surface area is 163 Å². The van der Waals surface area contributed by atoms with Crippen LogP contribution in [0.5, 0.6) is 0 Å². The van der Waals surface area contributed by atoms with Gasteiger partial charge in [0.1, 0.15) is 5.15 Å². The van der Waals surface area contributed by atoms with Gasteiger partial charge < -0.3 is 9.64 Å². The Kier molecular flexibility index (Phi) is 5.90. The molecule has 3 rings (SSSR count). The maximum absolute atomic E-state index is 11.9. The third kappa shape index (κ3) is 4.70. The van der Waals surface area contributed by atoms with Gasteiger partial charge in [0.15, 0.2) is 16.4 Å². The van der Waals surface area contributed by atoms with Gasteiger partial charge in [-0.25, -0.2) is 17.9 Å². The summed E-state index contributed by atoms with van der Waals surface area (Å²) in [4.78, 5) is 25.4. The lowest BCUT2D eigenvalue weighted by molar-refractivity contribution is -0.147. The average Bonchev–Trinajstić information content (AvgIpc) is 3.32. The number of rotatable bonds is 5. The summed E-state index contributed by atoms with van der Waals surface area (Å²) < 4.78 is 29.8. The largest absolute Gasteiger partial charge is 0.452 e. The third-order valence-electron chi connectivity index (χ3n) is 4.81. The molecule has 0 radical (unpaired) electrons. The molecule has 0 spiro atoms. The number of amides is 1. The van der Waals surface area contributed by atoms with E-state index in [1.165, 1.54) is 16.8 Å². The number of halogens is 1. The summed E-state index contributed by atoms with van der Waals surface area (Å²) in [5.74, 6) is -0.708. The summed E-state index contributed by atoms with van der Waals surface area (Å²) in [6.07, 6.45) is 5.09. The minimum absolute atomic E-state index is 0.0116. The van der Waals surface area contributed by atoms with Crippen molar-refractivity contribution < 1.29 is 22.7 Å². The Morgan fingerprint density at radius 2 is 2.04 bits per heavy atom. The van der Waals surface area contributed by atoms with Crippen molar-refractivity contribution in [1.82, 2.24) is 14.7 Å². The van der Waals surface area contributed by atoms with Crippen molar-refractivity contribution in [3.8, 4) is 0 Å². The SMILES string of the molecule is Cc1nn([C@H]2CCS(=O)(=O)C2)c(Cl)c1/C=C/C(=O)OCC(=O)N1CCCC1.